The van der Waals surface area contributed by atoms with Crippen LogP contribution in [0.5, 0.6) is 0 Å². The fraction of sp³-hybridized carbons (Fsp3) is 0. The van der Waals surface area contributed by atoms with Crippen LogP contribution in [0.4, 0.5) is 0 Å². The van der Waals surface area contributed by atoms with Crippen LogP contribution in [0.1, 0.15) is 41.4 Å². The van der Waals surface area contributed by atoms with E-state index in [1.807, 2.05) is 0 Å². The van der Waals surface area contributed by atoms with Gasteiger partial charge in [0.2, 0.25) is 0 Å². The SMILES string of the molecule is O=C([O-])c1ccccc1.O=C([O-])c1ccccc1.O=C([O-])c1ccccc1.O=C([O-])c1ccccc1.[O-2].[O-2].[O-2].[O-2].[Ti+4].[Ti+4].[Ti+4]. The predicted octanol–water partition coefficient (Wildman–Crippen LogP) is -0.282. The van der Waals surface area contributed by atoms with Crippen LogP contribution in [-0.2, 0) is 87.1 Å². The van der Waals surface area contributed by atoms with Crippen LogP contribution in [0, 0.1) is 0 Å². The molecular formula is C28H20O12Ti3. The molecule has 0 aliphatic rings. The minimum absolute atomic E-state index is 0. The Morgan fingerprint density at radius 3 is 0.488 bits per heavy atom. The van der Waals surface area contributed by atoms with Gasteiger partial charge >= 0.3 is 65.2 Å². The molecule has 0 bridgehead atoms. The maximum atomic E-state index is 10.1. The molecule has 216 valence electrons. The Morgan fingerprint density at radius 1 is 0.302 bits per heavy atom. The van der Waals surface area contributed by atoms with Crippen molar-refractivity contribution in [3.8, 4) is 0 Å². The number of aromatic carboxylic acids is 4. The standard InChI is InChI=1S/4C7H6O2.4O.3Ti/c4*8-7(9)6-4-2-1-3-5-6;;;;;;;/h4*1-5H,(H,8,9);;;;;;;/q;;;;4*-2;3*+4/p-4. The summed E-state index contributed by atoms with van der Waals surface area (Å²) in [7, 11) is 0. The molecule has 0 aromatic heterocycles. The summed E-state index contributed by atoms with van der Waals surface area (Å²) in [6.07, 6.45) is 0. The van der Waals surface area contributed by atoms with Crippen molar-refractivity contribution in [1.29, 1.82) is 0 Å². The summed E-state index contributed by atoms with van der Waals surface area (Å²) in [5.74, 6) is -4.52. The number of carbonyl (C=O) groups is 4. The Bertz CT molecular complexity index is 1040. The summed E-state index contributed by atoms with van der Waals surface area (Å²) in [4.78, 5) is 40.4. The minimum atomic E-state index is -1.13. The Kier molecular flexibility index (Phi) is 43.0. The van der Waals surface area contributed by atoms with Crippen molar-refractivity contribution in [2.45, 2.75) is 0 Å². The third-order valence-corrected chi connectivity index (χ3v) is 4.04. The Hall–Kier alpha value is -3.26. The van der Waals surface area contributed by atoms with E-state index in [0.717, 1.165) is 0 Å². The Balaban J connectivity index is -0.0000000762. The van der Waals surface area contributed by atoms with Gasteiger partial charge in [0.15, 0.2) is 0 Å². The first-order valence-electron chi connectivity index (χ1n) is 10.3. The molecular weight excluding hydrogens is 672 g/mol. The first-order valence-corrected chi connectivity index (χ1v) is 10.3. The van der Waals surface area contributed by atoms with E-state index in [-0.39, 0.29) is 109 Å². The molecule has 0 amide bonds. The van der Waals surface area contributed by atoms with E-state index in [4.69, 9.17) is 0 Å². The number of hydrogen-bond acceptors (Lipinski definition) is 8. The maximum Gasteiger partial charge on any atom is 4.00 e. The Morgan fingerprint density at radius 2 is 0.419 bits per heavy atom. The molecule has 0 N–H and O–H groups in total. The number of carboxylic acids is 4. The molecule has 4 aromatic carbocycles. The molecule has 0 unspecified atom stereocenters. The molecule has 0 fully saturated rings. The third-order valence-electron chi connectivity index (χ3n) is 4.04. The summed E-state index contributed by atoms with van der Waals surface area (Å²) in [6.45, 7) is 0. The molecule has 43 heavy (non-hydrogen) atoms. The van der Waals surface area contributed by atoms with Gasteiger partial charge in [0, 0.05) is 0 Å². The van der Waals surface area contributed by atoms with Gasteiger partial charge in [-0.15, -0.1) is 0 Å². The topological polar surface area (TPSA) is 275 Å². The zero-order valence-electron chi connectivity index (χ0n) is 21.9. The number of hydrogen-bond donors (Lipinski definition) is 0. The van der Waals surface area contributed by atoms with Gasteiger partial charge in [-0.1, -0.05) is 121 Å². The van der Waals surface area contributed by atoms with E-state index in [0.29, 0.717) is 0 Å². The van der Waals surface area contributed by atoms with Crippen molar-refractivity contribution in [2.75, 3.05) is 0 Å². The van der Waals surface area contributed by atoms with E-state index in [1.54, 1.807) is 72.8 Å². The van der Waals surface area contributed by atoms with Crippen LogP contribution in [0.25, 0.3) is 0 Å². The van der Waals surface area contributed by atoms with E-state index < -0.39 is 23.9 Å². The van der Waals surface area contributed by atoms with Crippen LogP contribution >= 0.6 is 0 Å². The van der Waals surface area contributed by atoms with Gasteiger partial charge in [-0.25, -0.2) is 0 Å². The van der Waals surface area contributed by atoms with Crippen molar-refractivity contribution >= 4 is 23.9 Å². The fourth-order valence-corrected chi connectivity index (χ4v) is 2.30. The van der Waals surface area contributed by atoms with Gasteiger partial charge < -0.3 is 61.5 Å². The summed E-state index contributed by atoms with van der Waals surface area (Å²) >= 11 is 0. The van der Waals surface area contributed by atoms with Crippen molar-refractivity contribution in [3.63, 3.8) is 0 Å². The van der Waals surface area contributed by atoms with E-state index in [2.05, 4.69) is 0 Å². The molecule has 0 saturated heterocycles. The van der Waals surface area contributed by atoms with Crippen LogP contribution in [0.3, 0.4) is 0 Å². The van der Waals surface area contributed by atoms with E-state index in [1.165, 1.54) is 48.5 Å². The van der Waals surface area contributed by atoms with Crippen molar-refractivity contribution in [1.82, 2.24) is 0 Å². The molecule has 0 heterocycles. The van der Waals surface area contributed by atoms with Crippen LogP contribution in [-0.4, -0.2) is 23.9 Å². The molecule has 0 radical (unpaired) electrons. The van der Waals surface area contributed by atoms with Gasteiger partial charge in [-0.05, 0) is 22.3 Å². The van der Waals surface area contributed by atoms with E-state index in [9.17, 15) is 39.6 Å². The molecule has 0 aliphatic carbocycles. The van der Waals surface area contributed by atoms with E-state index >= 15 is 0 Å². The fourth-order valence-electron chi connectivity index (χ4n) is 2.30. The first-order chi connectivity index (χ1) is 17.2. The number of benzene rings is 4. The molecule has 4 aromatic rings. The number of carbonyl (C=O) groups excluding carboxylic acids is 4. The molecule has 4 rings (SSSR count). The van der Waals surface area contributed by atoms with Gasteiger partial charge in [0.05, 0.1) is 23.9 Å². The van der Waals surface area contributed by atoms with Gasteiger partial charge in [0.1, 0.15) is 0 Å². The van der Waals surface area contributed by atoms with Gasteiger partial charge in [-0.3, -0.25) is 0 Å². The molecule has 0 aliphatic heterocycles. The predicted molar refractivity (Wildman–Crippen MR) is 126 cm³/mol. The largest absolute Gasteiger partial charge is 4.00 e. The quantitative estimate of drug-likeness (QED) is 0.256. The average molecular weight is 692 g/mol. The summed E-state index contributed by atoms with van der Waals surface area (Å²) in [5, 5.41) is 40.4. The average Bonchev–Trinajstić information content (AvgIpc) is 2.92. The maximum absolute atomic E-state index is 10.1. The summed E-state index contributed by atoms with van der Waals surface area (Å²) < 4.78 is 0. The van der Waals surface area contributed by atoms with Crippen molar-refractivity contribution in [3.05, 3.63) is 144 Å². The zero-order chi connectivity index (χ0) is 26.8. The van der Waals surface area contributed by atoms with Gasteiger partial charge in [0.25, 0.3) is 0 Å². The monoisotopic (exact) mass is 692 g/mol. The molecule has 0 spiro atoms. The molecule has 15 heteroatoms. The van der Waals surface area contributed by atoms with Crippen molar-refractivity contribution < 1.29 is 127 Å². The molecule has 12 nitrogen and oxygen atoms in total. The minimum Gasteiger partial charge on any atom is -2.00 e. The summed E-state index contributed by atoms with van der Waals surface area (Å²) in [6, 6.07) is 32.3. The van der Waals surface area contributed by atoms with Crippen molar-refractivity contribution in [2.24, 2.45) is 0 Å². The smallest absolute Gasteiger partial charge is 2.00 e. The Labute approximate surface area is 292 Å². The number of rotatable bonds is 4. The first kappa shape index (κ1) is 55.6. The molecule has 0 atom stereocenters. The summed E-state index contributed by atoms with van der Waals surface area (Å²) in [5.41, 5.74) is 0.880. The van der Waals surface area contributed by atoms with Crippen LogP contribution in [0.15, 0.2) is 121 Å². The molecule has 0 saturated carbocycles. The third kappa shape index (κ3) is 26.1. The second-order valence-corrected chi connectivity index (χ2v) is 6.61. The number of carboxylic acid groups (broad SMARTS) is 4. The van der Waals surface area contributed by atoms with Crippen LogP contribution in [0.2, 0.25) is 0 Å². The normalized spacial score (nSPS) is 7.44. The second-order valence-electron chi connectivity index (χ2n) is 6.61. The van der Waals surface area contributed by atoms with Crippen LogP contribution < -0.4 is 20.4 Å². The second kappa shape index (κ2) is 33.2. The van der Waals surface area contributed by atoms with Gasteiger partial charge in [-0.2, -0.15) is 0 Å². The zero-order valence-corrected chi connectivity index (χ0v) is 26.6.